The van der Waals surface area contributed by atoms with Gasteiger partial charge in [0.25, 0.3) is 0 Å². The fraction of sp³-hybridized carbons (Fsp3) is 1.00. The van der Waals surface area contributed by atoms with E-state index in [1.165, 1.54) is 96.3 Å². The zero-order valence-electron chi connectivity index (χ0n) is 16.6. The molecule has 1 N–H and O–H groups in total. The molecule has 2 heterocycles. The maximum atomic E-state index is 12.1. The molecule has 0 aromatic heterocycles. The van der Waals surface area contributed by atoms with Gasteiger partial charge < -0.3 is 10.0 Å². The highest BCUT2D eigenvalue weighted by atomic mass is 16.3. The van der Waals surface area contributed by atoms with Gasteiger partial charge in [-0.3, -0.25) is 0 Å². The Labute approximate surface area is 155 Å². The number of piperidine rings is 2. The second-order valence-corrected chi connectivity index (χ2v) is 10.1. The summed E-state index contributed by atoms with van der Waals surface area (Å²) in [6, 6.07) is 1.61. The average molecular weight is 348 g/mol. The first-order valence-electron chi connectivity index (χ1n) is 11.6. The summed E-state index contributed by atoms with van der Waals surface area (Å²) in [6.45, 7) is 0. The van der Waals surface area contributed by atoms with E-state index in [0.717, 1.165) is 24.4 Å². The molecule has 4 fully saturated rings. The third-order valence-corrected chi connectivity index (χ3v) is 8.68. The fourth-order valence-electron chi connectivity index (χ4n) is 7.23. The minimum Gasteiger partial charge on any atom is -0.389 e. The summed E-state index contributed by atoms with van der Waals surface area (Å²) in [4.78, 5) is 2.68. The highest BCUT2D eigenvalue weighted by Crippen LogP contribution is 2.48. The lowest BCUT2D eigenvalue weighted by Crippen LogP contribution is -2.53. The van der Waals surface area contributed by atoms with Crippen molar-refractivity contribution in [3.8, 4) is 0 Å². The first-order chi connectivity index (χ1) is 12.2. The summed E-state index contributed by atoms with van der Waals surface area (Å²) in [5.41, 5.74) is -0.338. The van der Waals surface area contributed by atoms with E-state index in [9.17, 15) is 5.11 Å². The Bertz CT molecular complexity index is 392. The summed E-state index contributed by atoms with van der Waals surface area (Å²) in [5, 5.41) is 12.1. The van der Waals surface area contributed by atoms with Gasteiger partial charge in [0, 0.05) is 12.1 Å². The smallest absolute Gasteiger partial charge is 0.0706 e. The van der Waals surface area contributed by atoms with Crippen molar-refractivity contribution in [2.75, 3.05) is 7.05 Å². The summed E-state index contributed by atoms with van der Waals surface area (Å²) >= 11 is 0. The maximum Gasteiger partial charge on any atom is 0.0706 e. The second kappa shape index (κ2) is 7.89. The molecule has 144 valence electrons. The lowest BCUT2D eigenvalue weighted by atomic mass is 9.61. The molecule has 0 radical (unpaired) electrons. The van der Waals surface area contributed by atoms with Crippen molar-refractivity contribution in [2.45, 2.75) is 120 Å². The zero-order chi connectivity index (χ0) is 17.3. The van der Waals surface area contributed by atoms with E-state index in [-0.39, 0.29) is 5.60 Å². The monoisotopic (exact) mass is 347 g/mol. The molecular formula is C23H41NO. The van der Waals surface area contributed by atoms with Crippen LogP contribution >= 0.6 is 0 Å². The highest BCUT2D eigenvalue weighted by molar-refractivity contribution is 4.99. The van der Waals surface area contributed by atoms with Crippen molar-refractivity contribution in [3.63, 3.8) is 0 Å². The van der Waals surface area contributed by atoms with Crippen LogP contribution in [0, 0.1) is 17.8 Å². The van der Waals surface area contributed by atoms with Gasteiger partial charge in [0.2, 0.25) is 0 Å². The Morgan fingerprint density at radius 1 is 0.720 bits per heavy atom. The van der Waals surface area contributed by atoms with Gasteiger partial charge in [-0.2, -0.15) is 0 Å². The Balaban J connectivity index is 1.49. The minimum atomic E-state index is -0.338. The largest absolute Gasteiger partial charge is 0.389 e. The molecule has 0 unspecified atom stereocenters. The Morgan fingerprint density at radius 2 is 1.20 bits per heavy atom. The Morgan fingerprint density at radius 3 is 1.68 bits per heavy atom. The van der Waals surface area contributed by atoms with Crippen molar-refractivity contribution in [1.29, 1.82) is 0 Å². The van der Waals surface area contributed by atoms with Gasteiger partial charge in [-0.25, -0.2) is 0 Å². The summed E-state index contributed by atoms with van der Waals surface area (Å²) in [6.07, 6.45) is 21.5. The molecule has 2 saturated carbocycles. The van der Waals surface area contributed by atoms with E-state index in [1.807, 2.05) is 0 Å². The molecule has 2 aliphatic carbocycles. The lowest BCUT2D eigenvalue weighted by molar-refractivity contribution is -0.117. The predicted molar refractivity (Wildman–Crippen MR) is 105 cm³/mol. The van der Waals surface area contributed by atoms with Crippen LogP contribution in [0.4, 0.5) is 0 Å². The lowest BCUT2D eigenvalue weighted by Gasteiger charge is -2.51. The van der Waals surface area contributed by atoms with Crippen molar-refractivity contribution >= 4 is 0 Å². The SMILES string of the molecule is CN1[C@@H]2CCC[C@H]1C[C@@H](CC(O)(C1CCCCC1)C1CCCCC1)C2. The Kier molecular flexibility index (Phi) is 5.77. The molecule has 4 rings (SSSR count). The predicted octanol–water partition coefficient (Wildman–Crippen LogP) is 5.53. The van der Waals surface area contributed by atoms with Gasteiger partial charge in [-0.1, -0.05) is 44.9 Å². The maximum absolute atomic E-state index is 12.1. The van der Waals surface area contributed by atoms with Gasteiger partial charge in [-0.05, 0) is 82.6 Å². The molecule has 0 amide bonds. The normalized spacial score (nSPS) is 36.5. The molecule has 0 spiro atoms. The third-order valence-electron chi connectivity index (χ3n) is 8.68. The second-order valence-electron chi connectivity index (χ2n) is 10.1. The molecule has 2 aliphatic heterocycles. The summed E-state index contributed by atoms with van der Waals surface area (Å²) in [5.74, 6) is 1.98. The van der Waals surface area contributed by atoms with Crippen LogP contribution < -0.4 is 0 Å². The van der Waals surface area contributed by atoms with Gasteiger partial charge in [0.1, 0.15) is 0 Å². The van der Waals surface area contributed by atoms with Crippen LogP contribution in [0.5, 0.6) is 0 Å². The van der Waals surface area contributed by atoms with E-state index in [4.69, 9.17) is 0 Å². The van der Waals surface area contributed by atoms with E-state index < -0.39 is 0 Å². The quantitative estimate of drug-likeness (QED) is 0.722. The van der Waals surface area contributed by atoms with E-state index in [0.29, 0.717) is 11.8 Å². The summed E-state index contributed by atoms with van der Waals surface area (Å²) in [7, 11) is 2.36. The van der Waals surface area contributed by atoms with E-state index >= 15 is 0 Å². The van der Waals surface area contributed by atoms with Crippen LogP contribution in [0.2, 0.25) is 0 Å². The average Bonchev–Trinajstić information content (AvgIpc) is 2.64. The number of hydrogen-bond acceptors (Lipinski definition) is 2. The van der Waals surface area contributed by atoms with Crippen molar-refractivity contribution < 1.29 is 5.11 Å². The van der Waals surface area contributed by atoms with E-state index in [2.05, 4.69) is 11.9 Å². The molecule has 0 aromatic carbocycles. The molecule has 2 nitrogen and oxygen atoms in total. The number of aliphatic hydroxyl groups is 1. The number of fused-ring (bicyclic) bond motifs is 2. The van der Waals surface area contributed by atoms with Crippen LogP contribution in [0.15, 0.2) is 0 Å². The van der Waals surface area contributed by atoms with Crippen LogP contribution in [0.25, 0.3) is 0 Å². The number of rotatable bonds is 4. The van der Waals surface area contributed by atoms with E-state index in [1.54, 1.807) is 0 Å². The van der Waals surface area contributed by atoms with Gasteiger partial charge in [0.05, 0.1) is 5.60 Å². The van der Waals surface area contributed by atoms with Crippen LogP contribution in [-0.2, 0) is 0 Å². The molecule has 0 aromatic rings. The fourth-order valence-corrected chi connectivity index (χ4v) is 7.23. The molecule has 2 saturated heterocycles. The van der Waals surface area contributed by atoms with Crippen molar-refractivity contribution in [1.82, 2.24) is 4.90 Å². The molecule has 4 aliphatic rings. The summed E-state index contributed by atoms with van der Waals surface area (Å²) < 4.78 is 0. The number of hydrogen-bond donors (Lipinski definition) is 1. The minimum absolute atomic E-state index is 0.338. The van der Waals surface area contributed by atoms with Crippen LogP contribution in [0.3, 0.4) is 0 Å². The molecule has 3 atom stereocenters. The topological polar surface area (TPSA) is 23.5 Å². The number of nitrogens with zero attached hydrogens (tertiary/aromatic N) is 1. The first-order valence-corrected chi connectivity index (χ1v) is 11.6. The zero-order valence-corrected chi connectivity index (χ0v) is 16.6. The van der Waals surface area contributed by atoms with Crippen molar-refractivity contribution in [3.05, 3.63) is 0 Å². The molecule has 2 bridgehead atoms. The van der Waals surface area contributed by atoms with Gasteiger partial charge in [0.15, 0.2) is 0 Å². The van der Waals surface area contributed by atoms with Crippen LogP contribution in [-0.4, -0.2) is 34.7 Å². The van der Waals surface area contributed by atoms with Crippen LogP contribution in [0.1, 0.15) is 103 Å². The molecule has 25 heavy (non-hydrogen) atoms. The first kappa shape index (κ1) is 18.3. The van der Waals surface area contributed by atoms with Gasteiger partial charge >= 0.3 is 0 Å². The highest BCUT2D eigenvalue weighted by Gasteiger charge is 2.47. The standard InChI is InChI=1S/C23H41NO/c1-24-21-13-8-14-22(24)16-18(15-21)17-23(25,19-9-4-2-5-10-19)20-11-6-3-7-12-20/h18-22,25H,2-17H2,1H3/t18-,21+,22-. The Hall–Kier alpha value is -0.0800. The molecule has 2 heteroatoms. The van der Waals surface area contributed by atoms with Gasteiger partial charge in [-0.15, -0.1) is 0 Å². The van der Waals surface area contributed by atoms with Crippen molar-refractivity contribution in [2.24, 2.45) is 17.8 Å². The third kappa shape index (κ3) is 3.81. The molecular weight excluding hydrogens is 306 g/mol.